The van der Waals surface area contributed by atoms with Crippen molar-refractivity contribution in [1.29, 1.82) is 0 Å². The van der Waals surface area contributed by atoms with E-state index in [0.717, 1.165) is 28.1 Å². The third kappa shape index (κ3) is 4.91. The lowest BCUT2D eigenvalue weighted by Gasteiger charge is -2.11. The summed E-state index contributed by atoms with van der Waals surface area (Å²) in [5, 5.41) is 0. The van der Waals surface area contributed by atoms with Crippen molar-refractivity contribution in [3.05, 3.63) is 69.0 Å². The first-order chi connectivity index (χ1) is 13.5. The Labute approximate surface area is 174 Å². The van der Waals surface area contributed by atoms with Gasteiger partial charge in [0.2, 0.25) is 0 Å². The van der Waals surface area contributed by atoms with E-state index in [9.17, 15) is 4.79 Å². The van der Waals surface area contributed by atoms with E-state index in [1.165, 1.54) is 18.4 Å². The monoisotopic (exact) mass is 415 g/mol. The molecule has 0 fully saturated rings. The lowest BCUT2D eigenvalue weighted by atomic mass is 10.0. The molecule has 0 spiro atoms. The van der Waals surface area contributed by atoms with Gasteiger partial charge in [-0.15, -0.1) is 11.3 Å². The standard InChI is InChI=1S/C22H22ClNO3S/c1-14(2)11-19-20(24-22(23)28-19)16-9-10-17(18(12-16)26-3)21(25)27-13-15-7-5-4-6-8-15/h4-10,12,14H,11,13H2,1-3H3. The van der Waals surface area contributed by atoms with Crippen LogP contribution in [0.5, 0.6) is 5.75 Å². The number of hydrogen-bond acceptors (Lipinski definition) is 5. The highest BCUT2D eigenvalue weighted by Gasteiger charge is 2.19. The van der Waals surface area contributed by atoms with Crippen molar-refractivity contribution in [2.45, 2.75) is 26.9 Å². The molecule has 3 aromatic rings. The lowest BCUT2D eigenvalue weighted by molar-refractivity contribution is 0.0469. The van der Waals surface area contributed by atoms with Crippen molar-refractivity contribution >= 4 is 28.9 Å². The van der Waals surface area contributed by atoms with Crippen molar-refractivity contribution < 1.29 is 14.3 Å². The van der Waals surface area contributed by atoms with Crippen LogP contribution in [0, 0.1) is 5.92 Å². The Morgan fingerprint density at radius 3 is 2.61 bits per heavy atom. The van der Waals surface area contributed by atoms with Crippen LogP contribution in [-0.4, -0.2) is 18.1 Å². The van der Waals surface area contributed by atoms with Crippen LogP contribution in [0.2, 0.25) is 4.47 Å². The van der Waals surface area contributed by atoms with Crippen LogP contribution in [0.25, 0.3) is 11.3 Å². The third-order valence-corrected chi connectivity index (χ3v) is 5.35. The van der Waals surface area contributed by atoms with Crippen molar-refractivity contribution in [1.82, 2.24) is 4.98 Å². The van der Waals surface area contributed by atoms with Crippen LogP contribution < -0.4 is 4.74 Å². The zero-order chi connectivity index (χ0) is 20.1. The predicted molar refractivity (Wildman–Crippen MR) is 113 cm³/mol. The molecule has 146 valence electrons. The molecule has 0 unspecified atom stereocenters. The number of methoxy groups -OCH3 is 1. The van der Waals surface area contributed by atoms with Gasteiger partial charge in [-0.1, -0.05) is 61.8 Å². The Morgan fingerprint density at radius 2 is 1.93 bits per heavy atom. The van der Waals surface area contributed by atoms with Gasteiger partial charge < -0.3 is 9.47 Å². The Balaban J connectivity index is 1.83. The summed E-state index contributed by atoms with van der Waals surface area (Å²) in [5.41, 5.74) is 3.03. The highest BCUT2D eigenvalue weighted by molar-refractivity contribution is 7.16. The minimum atomic E-state index is -0.425. The Morgan fingerprint density at radius 1 is 1.18 bits per heavy atom. The maximum absolute atomic E-state index is 12.5. The molecule has 0 N–H and O–H groups in total. The highest BCUT2D eigenvalue weighted by Crippen LogP contribution is 2.35. The fraction of sp³-hybridized carbons (Fsp3) is 0.273. The molecule has 6 heteroatoms. The van der Waals surface area contributed by atoms with Crippen LogP contribution in [0.3, 0.4) is 0 Å². The van der Waals surface area contributed by atoms with E-state index < -0.39 is 5.97 Å². The number of benzene rings is 2. The van der Waals surface area contributed by atoms with E-state index >= 15 is 0 Å². The molecule has 28 heavy (non-hydrogen) atoms. The van der Waals surface area contributed by atoms with E-state index in [1.54, 1.807) is 6.07 Å². The maximum Gasteiger partial charge on any atom is 0.342 e. The van der Waals surface area contributed by atoms with Gasteiger partial charge >= 0.3 is 5.97 Å². The Bertz CT molecular complexity index is 954. The molecule has 2 aromatic carbocycles. The number of nitrogens with zero attached hydrogens (tertiary/aromatic N) is 1. The van der Waals surface area contributed by atoms with Gasteiger partial charge in [-0.2, -0.15) is 0 Å². The summed E-state index contributed by atoms with van der Waals surface area (Å²) in [5.74, 6) is 0.519. The smallest absolute Gasteiger partial charge is 0.342 e. The first kappa shape index (κ1) is 20.4. The summed E-state index contributed by atoms with van der Waals surface area (Å²) in [6, 6.07) is 15.0. The minimum Gasteiger partial charge on any atom is -0.496 e. The van der Waals surface area contributed by atoms with Crippen molar-refractivity contribution in [2.75, 3.05) is 7.11 Å². The number of thiazole rings is 1. The van der Waals surface area contributed by atoms with Crippen LogP contribution in [-0.2, 0) is 17.8 Å². The maximum atomic E-state index is 12.5. The molecule has 1 heterocycles. The number of aromatic nitrogens is 1. The van der Waals surface area contributed by atoms with Crippen LogP contribution in [0.4, 0.5) is 0 Å². The number of esters is 1. The van der Waals surface area contributed by atoms with Crippen LogP contribution in [0.15, 0.2) is 48.5 Å². The normalized spacial score (nSPS) is 10.9. The van der Waals surface area contributed by atoms with Gasteiger partial charge in [-0.05, 0) is 30.0 Å². The number of rotatable bonds is 7. The number of carbonyl (C=O) groups excluding carboxylic acids is 1. The third-order valence-electron chi connectivity index (χ3n) is 4.17. The van der Waals surface area contributed by atoms with Gasteiger partial charge in [0.1, 0.15) is 17.9 Å². The van der Waals surface area contributed by atoms with Crippen molar-refractivity contribution in [3.8, 4) is 17.0 Å². The topological polar surface area (TPSA) is 48.4 Å². The molecule has 0 aliphatic carbocycles. The number of hydrogen-bond donors (Lipinski definition) is 0. The van der Waals surface area contributed by atoms with Crippen molar-refractivity contribution in [2.24, 2.45) is 5.92 Å². The predicted octanol–water partition coefficient (Wildman–Crippen LogP) is 6.03. The van der Waals surface area contributed by atoms with E-state index in [0.29, 0.717) is 21.7 Å². The summed E-state index contributed by atoms with van der Waals surface area (Å²) in [6.45, 7) is 4.53. The average Bonchev–Trinajstić information content (AvgIpc) is 3.05. The number of carbonyl (C=O) groups is 1. The fourth-order valence-corrected chi connectivity index (χ4v) is 4.25. The fourth-order valence-electron chi connectivity index (χ4n) is 2.87. The Kier molecular flexibility index (Phi) is 6.70. The van der Waals surface area contributed by atoms with Gasteiger partial charge in [0.05, 0.1) is 12.8 Å². The van der Waals surface area contributed by atoms with E-state index in [-0.39, 0.29) is 6.61 Å². The molecule has 0 saturated carbocycles. The molecule has 1 aromatic heterocycles. The summed E-state index contributed by atoms with van der Waals surface area (Å²) in [7, 11) is 1.54. The summed E-state index contributed by atoms with van der Waals surface area (Å²) in [6.07, 6.45) is 0.892. The summed E-state index contributed by atoms with van der Waals surface area (Å²) in [4.78, 5) is 18.1. The molecule has 4 nitrogen and oxygen atoms in total. The molecule has 0 atom stereocenters. The molecule has 0 aliphatic heterocycles. The summed E-state index contributed by atoms with van der Waals surface area (Å²) >= 11 is 7.64. The molecule has 0 radical (unpaired) electrons. The van der Waals surface area contributed by atoms with E-state index in [1.807, 2.05) is 42.5 Å². The molecule has 0 saturated heterocycles. The van der Waals surface area contributed by atoms with Crippen LogP contribution in [0.1, 0.15) is 34.6 Å². The van der Waals surface area contributed by atoms with Gasteiger partial charge in [-0.25, -0.2) is 9.78 Å². The quantitative estimate of drug-likeness (QED) is 0.442. The first-order valence-corrected chi connectivity index (χ1v) is 10.2. The molecule has 0 aliphatic rings. The number of ether oxygens (including phenoxy) is 2. The van der Waals surface area contributed by atoms with E-state index in [2.05, 4.69) is 18.8 Å². The van der Waals surface area contributed by atoms with E-state index in [4.69, 9.17) is 21.1 Å². The first-order valence-electron chi connectivity index (χ1n) is 9.02. The molecular formula is C22H22ClNO3S. The second kappa shape index (κ2) is 9.22. The Hall–Kier alpha value is -2.37. The SMILES string of the molecule is COc1cc(-c2nc(Cl)sc2CC(C)C)ccc1C(=O)OCc1ccccc1. The largest absolute Gasteiger partial charge is 0.496 e. The lowest BCUT2D eigenvalue weighted by Crippen LogP contribution is -2.07. The van der Waals surface area contributed by atoms with Gasteiger partial charge in [-0.3, -0.25) is 0 Å². The van der Waals surface area contributed by atoms with Gasteiger partial charge in [0.15, 0.2) is 4.47 Å². The zero-order valence-electron chi connectivity index (χ0n) is 16.1. The van der Waals surface area contributed by atoms with Gasteiger partial charge in [0, 0.05) is 10.4 Å². The highest BCUT2D eigenvalue weighted by atomic mass is 35.5. The minimum absolute atomic E-state index is 0.213. The van der Waals surface area contributed by atoms with Crippen LogP contribution >= 0.6 is 22.9 Å². The molecular weight excluding hydrogens is 394 g/mol. The number of halogens is 1. The second-order valence-electron chi connectivity index (χ2n) is 6.81. The molecule has 3 rings (SSSR count). The summed E-state index contributed by atoms with van der Waals surface area (Å²) < 4.78 is 11.4. The van der Waals surface area contributed by atoms with Gasteiger partial charge in [0.25, 0.3) is 0 Å². The van der Waals surface area contributed by atoms with Crippen molar-refractivity contribution in [3.63, 3.8) is 0 Å². The average molecular weight is 416 g/mol. The second-order valence-corrected chi connectivity index (χ2v) is 8.48. The zero-order valence-corrected chi connectivity index (χ0v) is 17.6. The molecule has 0 bridgehead atoms. The molecule has 0 amide bonds.